The first-order chi connectivity index (χ1) is 23.0. The summed E-state index contributed by atoms with van der Waals surface area (Å²) in [5.74, 6) is 0. The highest BCUT2D eigenvalue weighted by atomic mass is 127. The van der Waals surface area contributed by atoms with Crippen molar-refractivity contribution < 1.29 is 57.1 Å². The molecule has 3 heterocycles. The lowest BCUT2D eigenvalue weighted by atomic mass is 10.1. The topological polar surface area (TPSA) is 11.0 Å². The minimum absolute atomic E-state index is 0. The Morgan fingerprint density at radius 1 is 0.735 bits per heavy atom. The van der Waals surface area contributed by atoms with Crippen molar-refractivity contribution in [2.75, 3.05) is 6.54 Å². The maximum absolute atomic E-state index is 2.59. The fraction of sp³-hybridized carbons (Fsp3) is 0.659. The molecule has 49 heavy (non-hydrogen) atoms. The first kappa shape index (κ1) is 46.9. The smallest absolute Gasteiger partial charge is 0.269 e. The van der Waals surface area contributed by atoms with Crippen LogP contribution in [0.5, 0.6) is 0 Å². The predicted molar refractivity (Wildman–Crippen MR) is 212 cm³/mol. The van der Waals surface area contributed by atoms with Crippen LogP contribution in [-0.2, 0) is 13.1 Å². The van der Waals surface area contributed by atoms with Gasteiger partial charge in [0.2, 0.25) is 0 Å². The lowest BCUT2D eigenvalue weighted by molar-refractivity contribution is -0.700. The van der Waals surface area contributed by atoms with Gasteiger partial charge in [-0.1, -0.05) is 139 Å². The first-order valence-electron chi connectivity index (χ1n) is 19.2. The molecule has 0 N–H and O–H groups in total. The Morgan fingerprint density at radius 2 is 1.31 bits per heavy atom. The number of aryl methyl sites for hydroxylation is 3. The number of rotatable bonds is 25. The second kappa shape index (κ2) is 28.3. The monoisotopic (exact) mass is 951 g/mol. The molecule has 0 aromatic carbocycles. The number of halogens is 2. The van der Waals surface area contributed by atoms with E-state index in [0.29, 0.717) is 0 Å². The Bertz CT molecular complexity index is 1290. The zero-order valence-corrected chi connectivity index (χ0v) is 38.5. The van der Waals surface area contributed by atoms with Crippen LogP contribution >= 0.6 is 34.4 Å². The normalized spacial score (nSPS) is 14.2. The molecular weight excluding hydrogens is 884 g/mol. The van der Waals surface area contributed by atoms with Crippen molar-refractivity contribution in [2.45, 2.75) is 170 Å². The first-order valence-corrected chi connectivity index (χ1v) is 21.7. The van der Waals surface area contributed by atoms with Gasteiger partial charge in [0, 0.05) is 38.1 Å². The van der Waals surface area contributed by atoms with Crippen molar-refractivity contribution in [1.82, 2.24) is 4.90 Å². The summed E-state index contributed by atoms with van der Waals surface area (Å²) in [7, 11) is 0. The van der Waals surface area contributed by atoms with Gasteiger partial charge >= 0.3 is 0 Å². The van der Waals surface area contributed by atoms with Gasteiger partial charge in [-0.05, 0) is 56.7 Å². The number of thioether (sulfide) groups is 1. The molecule has 2 aromatic heterocycles. The van der Waals surface area contributed by atoms with Crippen molar-refractivity contribution in [3.8, 4) is 0 Å². The Balaban J connectivity index is 0.00000600. The molecule has 0 aliphatic carbocycles. The van der Waals surface area contributed by atoms with Crippen LogP contribution in [0.3, 0.4) is 0 Å². The van der Waals surface area contributed by atoms with E-state index in [1.54, 1.807) is 0 Å². The SMILES string of the molecule is CCCCCCCCN1C(C)=CS\C1=C/C=C(/C=C/c1sc(C)c[n+]1CCCCCCCC)c1scc(C)[n+]1CCCCCCCC.[I-].[I-]. The maximum Gasteiger partial charge on any atom is 0.269 e. The van der Waals surface area contributed by atoms with Crippen molar-refractivity contribution >= 4 is 46.1 Å². The average molecular weight is 952 g/mol. The van der Waals surface area contributed by atoms with Gasteiger partial charge in [-0.15, -0.1) is 0 Å². The van der Waals surface area contributed by atoms with E-state index in [9.17, 15) is 0 Å². The molecule has 1 aliphatic heterocycles. The largest absolute Gasteiger partial charge is 1.00 e. The van der Waals surface area contributed by atoms with Gasteiger partial charge in [0.05, 0.1) is 20.9 Å². The molecule has 0 unspecified atom stereocenters. The van der Waals surface area contributed by atoms with E-state index >= 15 is 0 Å². The van der Waals surface area contributed by atoms with E-state index < -0.39 is 0 Å². The molecule has 0 atom stereocenters. The number of hydrogen-bond acceptors (Lipinski definition) is 4. The number of unbranched alkanes of at least 4 members (excludes halogenated alkanes) is 15. The Labute approximate surface area is 348 Å². The summed E-state index contributed by atoms with van der Waals surface area (Å²) in [6.07, 6.45) is 36.0. The zero-order chi connectivity index (χ0) is 33.7. The highest BCUT2D eigenvalue weighted by molar-refractivity contribution is 8.06. The van der Waals surface area contributed by atoms with Crippen LogP contribution in [0.2, 0.25) is 0 Å². The zero-order valence-electron chi connectivity index (χ0n) is 31.7. The van der Waals surface area contributed by atoms with Crippen LogP contribution in [0.4, 0.5) is 0 Å². The number of nitrogens with zero attached hydrogens (tertiary/aromatic N) is 3. The van der Waals surface area contributed by atoms with Crippen LogP contribution in [0.1, 0.15) is 164 Å². The van der Waals surface area contributed by atoms with Crippen molar-refractivity contribution in [1.29, 1.82) is 0 Å². The van der Waals surface area contributed by atoms with E-state index in [4.69, 9.17) is 0 Å². The van der Waals surface area contributed by atoms with Gasteiger partial charge in [0.15, 0.2) is 11.9 Å². The molecule has 0 saturated carbocycles. The maximum atomic E-state index is 2.59. The summed E-state index contributed by atoms with van der Waals surface area (Å²) < 4.78 is 5.08. The second-order valence-electron chi connectivity index (χ2n) is 13.5. The highest BCUT2D eigenvalue weighted by Gasteiger charge is 2.22. The van der Waals surface area contributed by atoms with Crippen molar-refractivity contribution in [2.24, 2.45) is 0 Å². The summed E-state index contributed by atoms with van der Waals surface area (Å²) in [5, 5.41) is 8.80. The summed E-state index contributed by atoms with van der Waals surface area (Å²) in [5.41, 5.74) is 4.09. The third-order valence-electron chi connectivity index (χ3n) is 9.22. The van der Waals surface area contributed by atoms with Crippen LogP contribution < -0.4 is 57.1 Å². The van der Waals surface area contributed by atoms with E-state index in [0.717, 1.165) is 19.6 Å². The van der Waals surface area contributed by atoms with Crippen molar-refractivity contribution in [3.63, 3.8) is 0 Å². The van der Waals surface area contributed by atoms with Gasteiger partial charge in [0.1, 0.15) is 13.1 Å². The van der Waals surface area contributed by atoms with Gasteiger partial charge in [-0.25, -0.2) is 0 Å². The molecule has 0 radical (unpaired) electrons. The molecule has 0 spiro atoms. The third kappa shape index (κ3) is 17.5. The Morgan fingerprint density at radius 3 is 1.94 bits per heavy atom. The van der Waals surface area contributed by atoms with E-state index in [2.05, 4.69) is 96.9 Å². The third-order valence-corrected chi connectivity index (χ3v) is 12.4. The van der Waals surface area contributed by atoms with Crippen LogP contribution in [0, 0.1) is 13.8 Å². The molecule has 0 saturated heterocycles. The quantitative estimate of drug-likeness (QED) is 0.0463. The summed E-state index contributed by atoms with van der Waals surface area (Å²) in [4.78, 5) is 3.94. The van der Waals surface area contributed by atoms with Gasteiger partial charge in [-0.3, -0.25) is 0 Å². The molecule has 278 valence electrons. The molecule has 3 rings (SSSR count). The molecule has 2 aromatic rings. The number of aromatic nitrogens is 2. The minimum Gasteiger partial charge on any atom is -1.00 e. The number of hydrogen-bond donors (Lipinski definition) is 0. The van der Waals surface area contributed by atoms with Crippen LogP contribution in [-0.4, -0.2) is 11.4 Å². The molecule has 3 nitrogen and oxygen atoms in total. The molecule has 0 bridgehead atoms. The number of thiazole rings is 2. The summed E-state index contributed by atoms with van der Waals surface area (Å²) in [6.45, 7) is 17.1. The van der Waals surface area contributed by atoms with E-state index in [1.807, 2.05) is 34.4 Å². The highest BCUT2D eigenvalue weighted by Crippen LogP contribution is 2.35. The van der Waals surface area contributed by atoms with Crippen molar-refractivity contribution in [3.05, 3.63) is 66.5 Å². The van der Waals surface area contributed by atoms with Crippen LogP contribution in [0.15, 0.2) is 45.9 Å². The molecule has 8 heteroatoms. The Kier molecular flexibility index (Phi) is 27.1. The molecule has 0 fully saturated rings. The number of allylic oxidation sites excluding steroid dienone is 5. The van der Waals surface area contributed by atoms with Gasteiger partial charge in [-0.2, -0.15) is 9.13 Å². The predicted octanol–water partition coefficient (Wildman–Crippen LogP) is 6.94. The van der Waals surface area contributed by atoms with Gasteiger partial charge in [0.25, 0.3) is 10.0 Å². The lowest BCUT2D eigenvalue weighted by Crippen LogP contribution is -3.00. The molecule has 1 aliphatic rings. The van der Waals surface area contributed by atoms with Gasteiger partial charge < -0.3 is 52.9 Å². The lowest BCUT2D eigenvalue weighted by Gasteiger charge is -2.21. The Hall–Kier alpha value is -0.170. The van der Waals surface area contributed by atoms with E-state index in [-0.39, 0.29) is 48.0 Å². The molecule has 0 amide bonds. The second-order valence-corrected chi connectivity index (χ2v) is 16.5. The minimum atomic E-state index is 0. The summed E-state index contributed by atoms with van der Waals surface area (Å²) >= 11 is 5.72. The standard InChI is InChI=1S/C41H67N3S3.2HI/c1-7-10-13-16-19-22-29-42-32-37(6)47-39(42)27-25-38(41-44(36(5)34-46-41)31-24-21-18-15-12-9-3)26-28-40-43(35(4)33-45-40)30-23-20-17-14-11-8-2;;/h25-28,32-34H,7-24,29-31H2,1-6H3;2*1H/q+2;;/p-2. The van der Waals surface area contributed by atoms with Crippen LogP contribution in [0.25, 0.3) is 11.6 Å². The summed E-state index contributed by atoms with van der Waals surface area (Å²) in [6, 6.07) is 0. The fourth-order valence-corrected chi connectivity index (χ4v) is 9.19. The average Bonchev–Trinajstić information content (AvgIpc) is 3.73. The molecular formula is C41H67I2N3S3. The fourth-order valence-electron chi connectivity index (χ4n) is 6.31. The van der Waals surface area contributed by atoms with E-state index in [1.165, 1.54) is 152 Å².